The third-order valence-electron chi connectivity index (χ3n) is 6.60. The molecule has 0 spiro atoms. The van der Waals surface area contributed by atoms with E-state index in [4.69, 9.17) is 13.9 Å². The fraction of sp³-hybridized carbons (Fsp3) is 0.500. The summed E-state index contributed by atoms with van der Waals surface area (Å²) in [6.07, 6.45) is 5.70. The van der Waals surface area contributed by atoms with Gasteiger partial charge in [0, 0.05) is 0 Å². The Morgan fingerprint density at radius 2 is 1.79 bits per heavy atom. The van der Waals surface area contributed by atoms with E-state index in [1.807, 2.05) is 0 Å². The summed E-state index contributed by atoms with van der Waals surface area (Å²) < 4.78 is 44.6. The van der Waals surface area contributed by atoms with Gasteiger partial charge in [-0.25, -0.2) is 8.42 Å². The average molecular weight is 490 g/mol. The predicted molar refractivity (Wildman–Crippen MR) is 127 cm³/mol. The van der Waals surface area contributed by atoms with Crippen LogP contribution in [0.15, 0.2) is 41.0 Å². The van der Waals surface area contributed by atoms with E-state index < -0.39 is 15.4 Å². The largest absolute Gasteiger partial charge is 0.494 e. The van der Waals surface area contributed by atoms with Crippen molar-refractivity contribution in [2.45, 2.75) is 50.4 Å². The number of hydrogen-bond acceptors (Lipinski definition) is 8. The van der Waals surface area contributed by atoms with Gasteiger partial charge in [0.25, 0.3) is 0 Å². The van der Waals surface area contributed by atoms with E-state index in [1.54, 1.807) is 41.8 Å². The Morgan fingerprint density at radius 3 is 2.38 bits per heavy atom. The number of nitrogens with zero attached hydrogens (tertiary/aromatic N) is 3. The summed E-state index contributed by atoms with van der Waals surface area (Å²) in [5.74, 6) is 1.52. The van der Waals surface area contributed by atoms with E-state index in [-0.39, 0.29) is 29.7 Å². The van der Waals surface area contributed by atoms with Crippen LogP contribution in [0.1, 0.15) is 44.9 Å². The molecule has 10 heteroatoms. The van der Waals surface area contributed by atoms with E-state index in [1.165, 1.54) is 20.5 Å². The molecule has 1 aliphatic rings. The number of rotatable bonds is 10. The van der Waals surface area contributed by atoms with Gasteiger partial charge in [0.1, 0.15) is 22.9 Å². The van der Waals surface area contributed by atoms with Crippen LogP contribution >= 0.6 is 0 Å². The third kappa shape index (κ3) is 4.97. The lowest BCUT2D eigenvalue weighted by atomic mass is 9.86. The maximum Gasteiger partial charge on any atom is 0.204 e. The second-order valence-electron chi connectivity index (χ2n) is 8.94. The van der Waals surface area contributed by atoms with Gasteiger partial charge in [-0.15, -0.1) is 10.2 Å². The first-order valence-electron chi connectivity index (χ1n) is 11.4. The lowest BCUT2D eigenvalue weighted by molar-refractivity contribution is -0.00121. The second-order valence-corrected chi connectivity index (χ2v) is 11.1. The summed E-state index contributed by atoms with van der Waals surface area (Å²) in [7, 11) is -0.569. The monoisotopic (exact) mass is 489 g/mol. The molecule has 0 bridgehead atoms. The number of sulfone groups is 1. The van der Waals surface area contributed by atoms with Gasteiger partial charge in [-0.1, -0.05) is 18.9 Å². The summed E-state index contributed by atoms with van der Waals surface area (Å²) in [5.41, 5.74) is -0.533. The third-order valence-corrected chi connectivity index (χ3v) is 8.12. The molecule has 9 nitrogen and oxygen atoms in total. The smallest absolute Gasteiger partial charge is 0.204 e. The molecule has 4 rings (SSSR count). The zero-order valence-electron chi connectivity index (χ0n) is 19.7. The molecule has 0 amide bonds. The van der Waals surface area contributed by atoms with Crippen LogP contribution in [0.4, 0.5) is 0 Å². The highest BCUT2D eigenvalue weighted by Gasteiger charge is 2.35. The van der Waals surface area contributed by atoms with Crippen molar-refractivity contribution in [1.29, 1.82) is 0 Å². The fourth-order valence-corrected chi connectivity index (χ4v) is 6.09. The van der Waals surface area contributed by atoms with Crippen molar-refractivity contribution >= 4 is 9.84 Å². The van der Waals surface area contributed by atoms with Crippen LogP contribution in [-0.4, -0.2) is 53.9 Å². The van der Waals surface area contributed by atoms with Gasteiger partial charge < -0.3 is 19.0 Å². The number of benzene rings is 1. The quantitative estimate of drug-likeness (QED) is 0.457. The maximum atomic E-state index is 13.2. The minimum absolute atomic E-state index is 0.134. The molecule has 2 aromatic heterocycles. The van der Waals surface area contributed by atoms with Gasteiger partial charge in [-0.2, -0.15) is 0 Å². The molecular formula is C24H31N3O6S. The Labute approximate surface area is 199 Å². The molecule has 34 heavy (non-hydrogen) atoms. The topological polar surface area (TPSA) is 117 Å². The first-order valence-corrected chi connectivity index (χ1v) is 13.2. The van der Waals surface area contributed by atoms with E-state index in [0.717, 1.165) is 25.7 Å². The number of aromatic nitrogens is 3. The summed E-state index contributed by atoms with van der Waals surface area (Å²) in [4.78, 5) is 0. The molecule has 0 aliphatic heterocycles. The molecule has 0 radical (unpaired) electrons. The van der Waals surface area contributed by atoms with Crippen LogP contribution in [0.2, 0.25) is 0 Å². The Balaban J connectivity index is 1.70. The van der Waals surface area contributed by atoms with E-state index in [9.17, 15) is 13.5 Å². The van der Waals surface area contributed by atoms with Crippen molar-refractivity contribution in [3.63, 3.8) is 0 Å². The Kier molecular flexibility index (Phi) is 6.99. The average Bonchev–Trinajstić information content (AvgIpc) is 3.59. The number of para-hydroxylation sites is 1. The maximum absolute atomic E-state index is 13.2. The van der Waals surface area contributed by atoms with Gasteiger partial charge in [-0.3, -0.25) is 4.57 Å². The van der Waals surface area contributed by atoms with Crippen molar-refractivity contribution in [2.24, 2.45) is 5.92 Å². The van der Waals surface area contributed by atoms with Gasteiger partial charge >= 0.3 is 0 Å². The van der Waals surface area contributed by atoms with Crippen molar-refractivity contribution in [3.05, 3.63) is 42.4 Å². The van der Waals surface area contributed by atoms with Crippen molar-refractivity contribution < 1.29 is 27.4 Å². The first-order chi connectivity index (χ1) is 16.3. The fourth-order valence-electron chi connectivity index (χ4n) is 4.65. The molecule has 3 aromatic rings. The number of ether oxygens (including phenoxy) is 2. The zero-order valence-corrected chi connectivity index (χ0v) is 20.5. The number of furan rings is 1. The van der Waals surface area contributed by atoms with Crippen LogP contribution < -0.4 is 9.47 Å². The van der Waals surface area contributed by atoms with Crippen LogP contribution in [0.3, 0.4) is 0 Å². The normalized spacial score (nSPS) is 16.5. The van der Waals surface area contributed by atoms with Crippen molar-refractivity contribution in [1.82, 2.24) is 14.8 Å². The lowest BCUT2D eigenvalue weighted by Crippen LogP contribution is -2.35. The Hall–Kier alpha value is -2.85. The van der Waals surface area contributed by atoms with Gasteiger partial charge in [-0.05, 0) is 56.4 Å². The number of hydrogen-bond donors (Lipinski definition) is 1. The van der Waals surface area contributed by atoms with Crippen molar-refractivity contribution in [3.8, 4) is 28.8 Å². The van der Waals surface area contributed by atoms with E-state index >= 15 is 0 Å². The highest BCUT2D eigenvalue weighted by Crippen LogP contribution is 2.38. The lowest BCUT2D eigenvalue weighted by Gasteiger charge is -2.30. The van der Waals surface area contributed by atoms with E-state index in [0.29, 0.717) is 28.8 Å². The molecule has 1 N–H and O–H groups in total. The summed E-state index contributed by atoms with van der Waals surface area (Å²) in [5, 5.41) is 19.3. The molecular weight excluding hydrogens is 458 g/mol. The van der Waals surface area contributed by atoms with Crippen LogP contribution in [-0.2, 0) is 15.6 Å². The molecule has 1 atom stereocenters. The molecule has 1 fully saturated rings. The first kappa shape index (κ1) is 24.3. The molecule has 0 saturated heterocycles. The Morgan fingerprint density at radius 1 is 1.12 bits per heavy atom. The van der Waals surface area contributed by atoms with Crippen molar-refractivity contribution in [2.75, 3.05) is 20.0 Å². The molecule has 1 saturated carbocycles. The highest BCUT2D eigenvalue weighted by atomic mass is 32.2. The molecule has 1 aliphatic carbocycles. The summed E-state index contributed by atoms with van der Waals surface area (Å²) in [6, 6.07) is 8.72. The SMILES string of the molecule is COc1cccc(OC)c1-n1c(CS(=O)(=O)CC[C@@](C)(O)C2CCCC2)nnc1-c1ccco1. The standard InChI is InChI=1S/C24H31N3O6S/c1-24(28,17-8-4-5-9-17)13-15-34(29,30)16-21-25-26-23(20-12-7-14-33-20)27(21)22-18(31-2)10-6-11-19(22)32-3/h6-7,10-12,14,17,28H,4-5,8-9,13,15-16H2,1-3H3/t24-/m1/s1. The summed E-state index contributed by atoms with van der Waals surface area (Å²) >= 11 is 0. The van der Waals surface area contributed by atoms with E-state index in [2.05, 4.69) is 10.2 Å². The van der Waals surface area contributed by atoms with Gasteiger partial charge in [0.05, 0.1) is 31.8 Å². The molecule has 1 aromatic carbocycles. The van der Waals surface area contributed by atoms with Crippen LogP contribution in [0.5, 0.6) is 11.5 Å². The van der Waals surface area contributed by atoms with Gasteiger partial charge in [0.2, 0.25) is 5.82 Å². The van der Waals surface area contributed by atoms with Crippen LogP contribution in [0, 0.1) is 5.92 Å². The van der Waals surface area contributed by atoms with Gasteiger partial charge in [0.15, 0.2) is 21.4 Å². The molecule has 184 valence electrons. The number of aliphatic hydroxyl groups is 1. The minimum Gasteiger partial charge on any atom is -0.494 e. The summed E-state index contributed by atoms with van der Waals surface area (Å²) in [6.45, 7) is 1.75. The van der Waals surface area contributed by atoms with Crippen LogP contribution in [0.25, 0.3) is 17.3 Å². The highest BCUT2D eigenvalue weighted by molar-refractivity contribution is 7.90. The molecule has 2 heterocycles. The minimum atomic E-state index is -3.62. The Bertz CT molecular complexity index is 1190. The zero-order chi connectivity index (χ0) is 24.3. The predicted octanol–water partition coefficient (Wildman–Crippen LogP) is 3.79. The number of methoxy groups -OCH3 is 2. The second kappa shape index (κ2) is 9.79. The molecule has 0 unspecified atom stereocenters.